The topological polar surface area (TPSA) is 26.3 Å². The molecule has 132 valence electrons. The molecule has 2 aromatic rings. The maximum atomic E-state index is 12.1. The van der Waals surface area contributed by atoms with Crippen LogP contribution in [-0.2, 0) is 4.74 Å². The Bertz CT molecular complexity index is 739. The molecule has 0 aliphatic rings. The molecule has 0 atom stereocenters. The summed E-state index contributed by atoms with van der Waals surface area (Å²) in [5.74, 6) is -0.239. The van der Waals surface area contributed by atoms with E-state index < -0.39 is 8.07 Å². The van der Waals surface area contributed by atoms with Crippen LogP contribution < -0.4 is 5.19 Å². The first-order chi connectivity index (χ1) is 11.9. The maximum absolute atomic E-state index is 12.1. The maximum Gasteiger partial charge on any atom is 0.338 e. The molecule has 0 heterocycles. The van der Waals surface area contributed by atoms with Crippen molar-refractivity contribution in [3.8, 4) is 0 Å². The number of carbonyl (C=O) groups excluding carboxylic acids is 1. The third kappa shape index (κ3) is 5.54. The van der Waals surface area contributed by atoms with Crippen molar-refractivity contribution < 1.29 is 9.53 Å². The molecule has 0 aliphatic carbocycles. The van der Waals surface area contributed by atoms with Crippen LogP contribution in [0.4, 0.5) is 0 Å². The lowest BCUT2D eigenvalue weighted by Crippen LogP contribution is -2.42. The van der Waals surface area contributed by atoms with Gasteiger partial charge in [-0.25, -0.2) is 4.79 Å². The fourth-order valence-corrected chi connectivity index (χ4v) is 4.89. The van der Waals surface area contributed by atoms with Crippen LogP contribution in [0.5, 0.6) is 0 Å². The van der Waals surface area contributed by atoms with Gasteiger partial charge in [-0.1, -0.05) is 94.6 Å². The quantitative estimate of drug-likeness (QED) is 0.185. The molecule has 0 N–H and O–H groups in total. The minimum Gasteiger partial charge on any atom is -0.462 e. The van der Waals surface area contributed by atoms with Crippen molar-refractivity contribution in [2.75, 3.05) is 11.0 Å². The number of halogens is 1. The van der Waals surface area contributed by atoms with Crippen LogP contribution in [0.15, 0.2) is 59.8 Å². The van der Waals surface area contributed by atoms with Gasteiger partial charge in [-0.05, 0) is 31.0 Å². The van der Waals surface area contributed by atoms with E-state index in [1.54, 1.807) is 0 Å². The SMILES string of the molecule is C/C(=C/c1cccc(C(=O)OCCCI)c1)[Si](C)(C)c1ccccc1. The molecule has 0 saturated heterocycles. The average molecular weight is 464 g/mol. The molecule has 0 radical (unpaired) electrons. The van der Waals surface area contributed by atoms with Crippen LogP contribution in [0.2, 0.25) is 13.1 Å². The van der Waals surface area contributed by atoms with E-state index in [9.17, 15) is 4.79 Å². The first kappa shape index (κ1) is 19.9. The highest BCUT2D eigenvalue weighted by Crippen LogP contribution is 2.19. The van der Waals surface area contributed by atoms with Gasteiger partial charge in [0.15, 0.2) is 0 Å². The third-order valence-electron chi connectivity index (χ3n) is 4.50. The van der Waals surface area contributed by atoms with Gasteiger partial charge in [0.25, 0.3) is 0 Å². The predicted molar refractivity (Wildman–Crippen MR) is 117 cm³/mol. The summed E-state index contributed by atoms with van der Waals surface area (Å²) in [7, 11) is -1.69. The van der Waals surface area contributed by atoms with Gasteiger partial charge < -0.3 is 4.74 Å². The zero-order valence-corrected chi connectivity index (χ0v) is 18.2. The lowest BCUT2D eigenvalue weighted by molar-refractivity contribution is 0.0507. The van der Waals surface area contributed by atoms with Crippen molar-refractivity contribution in [3.63, 3.8) is 0 Å². The highest BCUT2D eigenvalue weighted by molar-refractivity contribution is 14.1. The van der Waals surface area contributed by atoms with E-state index >= 15 is 0 Å². The molecule has 4 heteroatoms. The van der Waals surface area contributed by atoms with Gasteiger partial charge >= 0.3 is 5.97 Å². The van der Waals surface area contributed by atoms with Crippen LogP contribution in [0.3, 0.4) is 0 Å². The zero-order valence-electron chi connectivity index (χ0n) is 15.1. The third-order valence-corrected chi connectivity index (χ3v) is 9.15. The lowest BCUT2D eigenvalue weighted by Gasteiger charge is -2.24. The normalized spacial score (nSPS) is 12.1. The Morgan fingerprint density at radius 3 is 2.52 bits per heavy atom. The Kier molecular flexibility index (Phi) is 7.44. The summed E-state index contributed by atoms with van der Waals surface area (Å²) in [5.41, 5.74) is 1.67. The highest BCUT2D eigenvalue weighted by atomic mass is 127. The van der Waals surface area contributed by atoms with Crippen LogP contribution in [0, 0.1) is 0 Å². The smallest absolute Gasteiger partial charge is 0.338 e. The Labute approximate surface area is 165 Å². The summed E-state index contributed by atoms with van der Waals surface area (Å²) in [6.07, 6.45) is 3.10. The zero-order chi connectivity index (χ0) is 18.3. The summed E-state index contributed by atoms with van der Waals surface area (Å²) >= 11 is 2.28. The first-order valence-electron chi connectivity index (χ1n) is 8.52. The van der Waals surface area contributed by atoms with Gasteiger partial charge in [-0.3, -0.25) is 0 Å². The largest absolute Gasteiger partial charge is 0.462 e. The van der Waals surface area contributed by atoms with Crippen molar-refractivity contribution in [1.29, 1.82) is 0 Å². The Hall–Kier alpha value is -1.40. The lowest BCUT2D eigenvalue weighted by atomic mass is 10.1. The van der Waals surface area contributed by atoms with E-state index in [0.29, 0.717) is 12.2 Å². The predicted octanol–water partition coefficient (Wildman–Crippen LogP) is 5.23. The van der Waals surface area contributed by atoms with E-state index in [4.69, 9.17) is 4.74 Å². The summed E-state index contributed by atoms with van der Waals surface area (Å²) in [6, 6.07) is 18.4. The van der Waals surface area contributed by atoms with Crippen molar-refractivity contribution >= 4 is 47.9 Å². The molecule has 0 saturated carbocycles. The van der Waals surface area contributed by atoms with E-state index in [0.717, 1.165) is 16.4 Å². The van der Waals surface area contributed by atoms with Gasteiger partial charge in [0, 0.05) is 4.43 Å². The van der Waals surface area contributed by atoms with Crippen molar-refractivity contribution in [2.45, 2.75) is 26.4 Å². The number of alkyl halides is 1. The molecule has 2 nitrogen and oxygen atoms in total. The first-order valence-corrected chi connectivity index (χ1v) is 13.0. The Morgan fingerprint density at radius 1 is 1.12 bits per heavy atom. The monoisotopic (exact) mass is 464 g/mol. The Morgan fingerprint density at radius 2 is 1.84 bits per heavy atom. The second-order valence-electron chi connectivity index (χ2n) is 6.62. The number of allylic oxidation sites excluding steroid dienone is 1. The summed E-state index contributed by atoms with van der Waals surface area (Å²) < 4.78 is 6.30. The van der Waals surface area contributed by atoms with Gasteiger partial charge in [0.1, 0.15) is 8.07 Å². The summed E-state index contributed by atoms with van der Waals surface area (Å²) in [6.45, 7) is 7.39. The number of rotatable bonds is 7. The summed E-state index contributed by atoms with van der Waals surface area (Å²) in [5, 5.41) is 2.80. The van der Waals surface area contributed by atoms with E-state index in [1.807, 2.05) is 24.3 Å². The van der Waals surface area contributed by atoms with Gasteiger partial charge in [0.2, 0.25) is 0 Å². The van der Waals surface area contributed by atoms with Crippen molar-refractivity contribution in [1.82, 2.24) is 0 Å². The van der Waals surface area contributed by atoms with Crippen LogP contribution >= 0.6 is 22.6 Å². The average Bonchev–Trinajstić information content (AvgIpc) is 2.62. The molecule has 0 aliphatic heterocycles. The molecule has 25 heavy (non-hydrogen) atoms. The van der Waals surface area contributed by atoms with Crippen LogP contribution in [-0.4, -0.2) is 25.1 Å². The molecule has 2 aromatic carbocycles. The number of hydrogen-bond acceptors (Lipinski definition) is 2. The number of hydrogen-bond donors (Lipinski definition) is 0. The molecule has 0 unspecified atom stereocenters. The minimum absolute atomic E-state index is 0.239. The molecular formula is C21H25IO2Si. The number of ether oxygens (including phenoxy) is 1. The Balaban J connectivity index is 2.20. The fraction of sp³-hybridized carbons (Fsp3) is 0.286. The standard InChI is InChI=1S/C21H25IO2Si/c1-17(25(2,3)20-11-5-4-6-12-20)15-18-9-7-10-19(16-18)21(23)24-14-8-13-22/h4-7,9-12,15-16H,8,13-14H2,1-3H3/b17-15-. The second kappa shape index (κ2) is 9.34. The van der Waals surface area contributed by atoms with E-state index in [1.165, 1.54) is 10.4 Å². The molecule has 0 aromatic heterocycles. The molecule has 0 spiro atoms. The van der Waals surface area contributed by atoms with Crippen molar-refractivity contribution in [2.24, 2.45) is 0 Å². The fourth-order valence-electron chi connectivity index (χ4n) is 2.57. The summed E-state index contributed by atoms with van der Waals surface area (Å²) in [4.78, 5) is 12.1. The van der Waals surface area contributed by atoms with Crippen LogP contribution in [0.1, 0.15) is 29.3 Å². The molecular weight excluding hydrogens is 439 g/mol. The number of benzene rings is 2. The number of esters is 1. The molecule has 0 fully saturated rings. The van der Waals surface area contributed by atoms with Crippen LogP contribution in [0.25, 0.3) is 6.08 Å². The van der Waals surface area contributed by atoms with E-state index in [2.05, 4.69) is 79.0 Å². The molecule has 2 rings (SSSR count). The second-order valence-corrected chi connectivity index (χ2v) is 12.3. The van der Waals surface area contributed by atoms with Gasteiger partial charge in [-0.2, -0.15) is 0 Å². The minimum atomic E-state index is -1.69. The van der Waals surface area contributed by atoms with Gasteiger partial charge in [-0.15, -0.1) is 0 Å². The number of carbonyl (C=O) groups is 1. The molecule has 0 bridgehead atoms. The van der Waals surface area contributed by atoms with E-state index in [-0.39, 0.29) is 5.97 Å². The molecule has 0 amide bonds. The highest BCUT2D eigenvalue weighted by Gasteiger charge is 2.25. The van der Waals surface area contributed by atoms with Crippen molar-refractivity contribution in [3.05, 3.63) is 70.9 Å². The van der Waals surface area contributed by atoms with Gasteiger partial charge in [0.05, 0.1) is 12.2 Å².